The molecule has 0 aromatic heterocycles. The molecule has 3 heteroatoms. The monoisotopic (exact) mass is 217 g/mol. The van der Waals surface area contributed by atoms with Crippen LogP contribution in [0.3, 0.4) is 0 Å². The minimum Gasteiger partial charge on any atom is -0.296 e. The largest absolute Gasteiger partial charge is 0.296 e. The van der Waals surface area contributed by atoms with Crippen molar-refractivity contribution in [3.63, 3.8) is 0 Å². The molecule has 0 unspecified atom stereocenters. The number of halogens is 1. The molecule has 0 saturated carbocycles. The Hall–Kier alpha value is -2.03. The van der Waals surface area contributed by atoms with Crippen molar-refractivity contribution in [2.24, 2.45) is 4.99 Å². The molecule has 0 aliphatic carbocycles. The minimum atomic E-state index is -0.294. The van der Waals surface area contributed by atoms with E-state index in [1.165, 1.54) is 18.3 Å². The summed E-state index contributed by atoms with van der Waals surface area (Å²) in [6.07, 6.45) is 7.32. The lowest BCUT2D eigenvalue weighted by Gasteiger charge is -1.92. The minimum absolute atomic E-state index is 0.294. The number of aldehydes is 1. The number of hydrogen-bond acceptors (Lipinski definition) is 2. The zero-order valence-electron chi connectivity index (χ0n) is 8.93. The average Bonchev–Trinajstić information content (AvgIpc) is 2.32. The number of allylic oxidation sites excluding steroid dienone is 4. The van der Waals surface area contributed by atoms with E-state index < -0.39 is 0 Å². The summed E-state index contributed by atoms with van der Waals surface area (Å²) in [6, 6.07) is 5.88. The molecular formula is C13H12FNO. The van der Waals surface area contributed by atoms with Gasteiger partial charge in [-0.15, -0.1) is 0 Å². The van der Waals surface area contributed by atoms with Gasteiger partial charge in [0.15, 0.2) is 6.29 Å². The van der Waals surface area contributed by atoms with Crippen LogP contribution in [-0.4, -0.2) is 12.5 Å². The van der Waals surface area contributed by atoms with Crippen molar-refractivity contribution in [1.29, 1.82) is 0 Å². The van der Waals surface area contributed by atoms with Gasteiger partial charge in [0, 0.05) is 6.21 Å². The smallest absolute Gasteiger partial charge is 0.168 e. The second-order valence-electron chi connectivity index (χ2n) is 3.04. The lowest BCUT2D eigenvalue weighted by atomic mass is 10.2. The maximum Gasteiger partial charge on any atom is 0.168 e. The molecule has 1 aromatic rings. The van der Waals surface area contributed by atoms with Crippen molar-refractivity contribution in [3.05, 3.63) is 59.6 Å². The zero-order valence-corrected chi connectivity index (χ0v) is 8.93. The van der Waals surface area contributed by atoms with Crippen molar-refractivity contribution in [3.8, 4) is 0 Å². The number of nitrogens with zero attached hydrogens (tertiary/aromatic N) is 1. The molecule has 0 aliphatic heterocycles. The summed E-state index contributed by atoms with van der Waals surface area (Å²) in [6.45, 7) is 1.85. The molecule has 1 rings (SSSR count). The lowest BCUT2D eigenvalue weighted by Crippen LogP contribution is -1.84. The van der Waals surface area contributed by atoms with Gasteiger partial charge in [-0.2, -0.15) is 0 Å². The molecule has 0 atom stereocenters. The summed E-state index contributed by atoms with van der Waals surface area (Å²) in [7, 11) is 0. The first-order chi connectivity index (χ1) is 7.76. The Balaban J connectivity index is 2.78. The maximum atomic E-state index is 12.6. The van der Waals surface area contributed by atoms with Gasteiger partial charge in [0.05, 0.1) is 0 Å². The first-order valence-corrected chi connectivity index (χ1v) is 4.84. The summed E-state index contributed by atoms with van der Waals surface area (Å²) in [5.41, 5.74) is 1.07. The summed E-state index contributed by atoms with van der Waals surface area (Å²) < 4.78 is 12.6. The van der Waals surface area contributed by atoms with Gasteiger partial charge in [-0.05, 0) is 30.7 Å². The molecule has 0 spiro atoms. The number of benzene rings is 1. The summed E-state index contributed by atoms with van der Waals surface area (Å²) in [5.74, 6) is -0.294. The van der Waals surface area contributed by atoms with Crippen LogP contribution in [0.25, 0.3) is 0 Å². The van der Waals surface area contributed by atoms with E-state index in [2.05, 4.69) is 4.99 Å². The Morgan fingerprint density at radius 2 is 2.00 bits per heavy atom. The van der Waals surface area contributed by atoms with Gasteiger partial charge in [-0.3, -0.25) is 9.79 Å². The van der Waals surface area contributed by atoms with Gasteiger partial charge >= 0.3 is 0 Å². The third kappa shape index (κ3) is 4.00. The van der Waals surface area contributed by atoms with Crippen LogP contribution < -0.4 is 0 Å². The van der Waals surface area contributed by atoms with Gasteiger partial charge in [0.1, 0.15) is 11.5 Å². The third-order valence-electron chi connectivity index (χ3n) is 1.81. The predicted octanol–water partition coefficient (Wildman–Crippen LogP) is 2.90. The van der Waals surface area contributed by atoms with Crippen LogP contribution in [0.1, 0.15) is 12.5 Å². The molecule has 82 valence electrons. The molecule has 0 saturated heterocycles. The first-order valence-electron chi connectivity index (χ1n) is 4.84. The summed E-state index contributed by atoms with van der Waals surface area (Å²) >= 11 is 0. The summed E-state index contributed by atoms with van der Waals surface area (Å²) in [4.78, 5) is 14.6. The quantitative estimate of drug-likeness (QED) is 0.330. The molecule has 1 aromatic carbocycles. The fourth-order valence-electron chi connectivity index (χ4n) is 1.01. The van der Waals surface area contributed by atoms with E-state index in [0.29, 0.717) is 12.0 Å². The molecule has 0 N–H and O–H groups in total. The molecule has 0 bridgehead atoms. The van der Waals surface area contributed by atoms with E-state index >= 15 is 0 Å². The summed E-state index contributed by atoms with van der Waals surface area (Å²) in [5, 5.41) is 0. The van der Waals surface area contributed by atoms with Crippen LogP contribution in [0, 0.1) is 5.82 Å². The number of aliphatic imine (C=N–C) groups is 1. The van der Waals surface area contributed by atoms with Crippen LogP contribution in [-0.2, 0) is 4.79 Å². The van der Waals surface area contributed by atoms with Gasteiger partial charge in [-0.25, -0.2) is 4.39 Å². The van der Waals surface area contributed by atoms with Crippen molar-refractivity contribution in [2.75, 3.05) is 0 Å². The molecule has 16 heavy (non-hydrogen) atoms. The Morgan fingerprint density at radius 3 is 2.56 bits per heavy atom. The van der Waals surface area contributed by atoms with E-state index in [1.54, 1.807) is 30.4 Å². The Bertz CT molecular complexity index is 430. The molecule has 0 heterocycles. The standard InChI is InChI=1S/C13H12FNO/c1-2-3-4-13(10-16)15-9-11-5-7-12(14)8-6-11/h2-10H,1H3/b3-2-,13-4-,15-9+. The highest BCUT2D eigenvalue weighted by Gasteiger charge is 1.91. The van der Waals surface area contributed by atoms with Crippen LogP contribution in [0.2, 0.25) is 0 Å². The van der Waals surface area contributed by atoms with Gasteiger partial charge < -0.3 is 0 Å². The van der Waals surface area contributed by atoms with E-state index in [-0.39, 0.29) is 5.82 Å². The topological polar surface area (TPSA) is 29.4 Å². The van der Waals surface area contributed by atoms with Crippen molar-refractivity contribution in [2.45, 2.75) is 6.92 Å². The average molecular weight is 217 g/mol. The fraction of sp³-hybridized carbons (Fsp3) is 0.0769. The Kier molecular flexibility index (Phi) is 4.86. The number of hydrogen-bond donors (Lipinski definition) is 0. The van der Waals surface area contributed by atoms with Crippen molar-refractivity contribution >= 4 is 12.5 Å². The number of carbonyl (C=O) groups is 1. The number of rotatable bonds is 4. The van der Waals surface area contributed by atoms with E-state index in [4.69, 9.17) is 0 Å². The molecule has 2 nitrogen and oxygen atoms in total. The van der Waals surface area contributed by atoms with Crippen LogP contribution in [0.5, 0.6) is 0 Å². The molecule has 0 aliphatic rings. The highest BCUT2D eigenvalue weighted by Crippen LogP contribution is 2.01. The zero-order chi connectivity index (χ0) is 11.8. The lowest BCUT2D eigenvalue weighted by molar-refractivity contribution is -0.104. The van der Waals surface area contributed by atoms with E-state index in [9.17, 15) is 9.18 Å². The van der Waals surface area contributed by atoms with Gasteiger partial charge in [-0.1, -0.05) is 24.3 Å². The van der Waals surface area contributed by atoms with E-state index in [0.717, 1.165) is 5.56 Å². The number of carbonyl (C=O) groups excluding carboxylic acids is 1. The third-order valence-corrected chi connectivity index (χ3v) is 1.81. The highest BCUT2D eigenvalue weighted by atomic mass is 19.1. The fourth-order valence-corrected chi connectivity index (χ4v) is 1.01. The molecule has 0 amide bonds. The molecule has 0 fully saturated rings. The SMILES string of the molecule is C\C=C/C=C(C=O)\N=C\c1ccc(F)cc1. The second-order valence-corrected chi connectivity index (χ2v) is 3.04. The van der Waals surface area contributed by atoms with Crippen LogP contribution >= 0.6 is 0 Å². The van der Waals surface area contributed by atoms with Crippen molar-refractivity contribution < 1.29 is 9.18 Å². The van der Waals surface area contributed by atoms with Crippen LogP contribution in [0.4, 0.5) is 4.39 Å². The van der Waals surface area contributed by atoms with Crippen LogP contribution in [0.15, 0.2) is 53.2 Å². The normalized spacial score (nSPS) is 12.5. The Morgan fingerprint density at radius 1 is 1.31 bits per heavy atom. The Labute approximate surface area is 93.8 Å². The maximum absolute atomic E-state index is 12.6. The highest BCUT2D eigenvalue weighted by molar-refractivity contribution is 5.84. The molecule has 0 radical (unpaired) electrons. The first kappa shape index (κ1) is 12.0. The van der Waals surface area contributed by atoms with Gasteiger partial charge in [0.2, 0.25) is 0 Å². The van der Waals surface area contributed by atoms with Crippen molar-refractivity contribution in [1.82, 2.24) is 0 Å². The molecular weight excluding hydrogens is 205 g/mol. The van der Waals surface area contributed by atoms with Gasteiger partial charge in [0.25, 0.3) is 0 Å². The second kappa shape index (κ2) is 6.45. The predicted molar refractivity (Wildman–Crippen MR) is 63.0 cm³/mol. The van der Waals surface area contributed by atoms with E-state index in [1.807, 2.05) is 6.92 Å².